The fraction of sp³-hybridized carbons (Fsp3) is 0.214. The number of pyridine rings is 2. The molecule has 0 fully saturated rings. The predicted molar refractivity (Wildman–Crippen MR) is 84.5 cm³/mol. The number of hydrogen-bond donors (Lipinski definition) is 1. The summed E-state index contributed by atoms with van der Waals surface area (Å²) in [6.07, 6.45) is 2.80. The van der Waals surface area contributed by atoms with Gasteiger partial charge in [-0.1, -0.05) is 0 Å². The number of halogens is 2. The minimum atomic E-state index is -0.479. The zero-order chi connectivity index (χ0) is 15.1. The van der Waals surface area contributed by atoms with Crippen molar-refractivity contribution in [3.63, 3.8) is 0 Å². The van der Waals surface area contributed by atoms with Crippen LogP contribution in [0.4, 0.5) is 0 Å². The first-order valence-corrected chi connectivity index (χ1v) is 7.40. The lowest BCUT2D eigenvalue weighted by Crippen LogP contribution is -1.94. The number of aromatic nitrogens is 2. The molecule has 1 N–H and O–H groups in total. The lowest BCUT2D eigenvalue weighted by atomic mass is 10.2. The Labute approximate surface area is 134 Å². The summed E-state index contributed by atoms with van der Waals surface area (Å²) in [6, 6.07) is 7.12. The van der Waals surface area contributed by atoms with Crippen molar-refractivity contribution in [2.24, 2.45) is 0 Å². The number of rotatable bonds is 2. The van der Waals surface area contributed by atoms with Crippen molar-refractivity contribution >= 4 is 37.6 Å². The Bertz CT molecular complexity index is 554. The van der Waals surface area contributed by atoms with E-state index in [0.717, 1.165) is 8.95 Å². The molecule has 0 amide bonds. The molecule has 2 heterocycles. The number of Topliss-reactive ketones (excluding diaryl/α,β-unsaturated/α-hetero) is 1. The van der Waals surface area contributed by atoms with E-state index in [1.54, 1.807) is 37.5 Å². The van der Waals surface area contributed by atoms with Crippen LogP contribution in [0.25, 0.3) is 0 Å². The molecule has 0 saturated heterocycles. The van der Waals surface area contributed by atoms with Gasteiger partial charge < -0.3 is 5.11 Å². The van der Waals surface area contributed by atoms with Crippen LogP contribution >= 0.6 is 31.9 Å². The molecule has 6 heteroatoms. The minimum absolute atomic E-state index is 0.00694. The summed E-state index contributed by atoms with van der Waals surface area (Å²) in [5.41, 5.74) is 1.20. The number of ketones is 1. The molecular formula is C14H14Br2N2O2. The Kier molecular flexibility index (Phi) is 6.98. The third-order valence-corrected chi connectivity index (χ3v) is 3.20. The summed E-state index contributed by atoms with van der Waals surface area (Å²) in [7, 11) is 0. The first kappa shape index (κ1) is 16.9. The highest BCUT2D eigenvalue weighted by Gasteiger charge is 1.99. The number of carbonyl (C=O) groups is 1. The van der Waals surface area contributed by atoms with Crippen LogP contribution in [0.15, 0.2) is 45.6 Å². The fourth-order valence-electron chi connectivity index (χ4n) is 1.22. The van der Waals surface area contributed by atoms with Crippen LogP contribution < -0.4 is 0 Å². The maximum Gasteiger partial charge on any atom is 0.178 e. The van der Waals surface area contributed by atoms with Gasteiger partial charge in [-0.3, -0.25) is 14.8 Å². The first-order valence-electron chi connectivity index (χ1n) is 5.82. The number of nitrogens with zero attached hydrogens (tertiary/aromatic N) is 2. The van der Waals surface area contributed by atoms with Crippen LogP contribution in [0.2, 0.25) is 0 Å². The molecule has 2 aromatic rings. The van der Waals surface area contributed by atoms with Crippen molar-refractivity contribution in [3.05, 3.63) is 57.0 Å². The maximum atomic E-state index is 10.7. The van der Waals surface area contributed by atoms with Gasteiger partial charge in [0.1, 0.15) is 5.69 Å². The molecule has 0 radical (unpaired) electrons. The number of hydrogen-bond acceptors (Lipinski definition) is 4. The average Bonchev–Trinajstić information content (AvgIpc) is 2.40. The quantitative estimate of drug-likeness (QED) is 0.774. The zero-order valence-electron chi connectivity index (χ0n) is 11.0. The zero-order valence-corrected chi connectivity index (χ0v) is 14.2. The average molecular weight is 402 g/mol. The highest BCUT2D eigenvalue weighted by molar-refractivity contribution is 9.10. The molecule has 0 aliphatic rings. The van der Waals surface area contributed by atoms with Gasteiger partial charge in [0.25, 0.3) is 0 Å². The van der Waals surface area contributed by atoms with Crippen molar-refractivity contribution in [1.82, 2.24) is 9.97 Å². The topological polar surface area (TPSA) is 63.1 Å². The van der Waals surface area contributed by atoms with Gasteiger partial charge in [-0.15, -0.1) is 0 Å². The van der Waals surface area contributed by atoms with E-state index in [0.29, 0.717) is 11.4 Å². The lowest BCUT2D eigenvalue weighted by molar-refractivity contribution is 0.101. The van der Waals surface area contributed by atoms with Gasteiger partial charge in [0.15, 0.2) is 5.78 Å². The molecule has 0 unspecified atom stereocenters. The van der Waals surface area contributed by atoms with Crippen LogP contribution in [-0.2, 0) is 0 Å². The second kappa shape index (κ2) is 8.24. The Morgan fingerprint density at radius 3 is 2.00 bits per heavy atom. The second-order valence-corrected chi connectivity index (χ2v) is 5.83. The molecule has 106 valence electrons. The molecule has 0 saturated carbocycles. The van der Waals surface area contributed by atoms with Gasteiger partial charge >= 0.3 is 0 Å². The van der Waals surface area contributed by atoms with Crippen molar-refractivity contribution < 1.29 is 9.90 Å². The highest BCUT2D eigenvalue weighted by Crippen LogP contribution is 2.12. The van der Waals surface area contributed by atoms with Crippen molar-refractivity contribution in [2.45, 2.75) is 20.0 Å². The van der Waals surface area contributed by atoms with Gasteiger partial charge in [-0.2, -0.15) is 0 Å². The SMILES string of the molecule is CC(=O)c1ccc(Br)cn1.C[C@H](O)c1ccc(Br)cn1. The van der Waals surface area contributed by atoms with Crippen LogP contribution in [0.5, 0.6) is 0 Å². The molecule has 0 aliphatic heterocycles. The molecule has 0 spiro atoms. The van der Waals surface area contributed by atoms with Crippen molar-refractivity contribution in [1.29, 1.82) is 0 Å². The first-order chi connectivity index (χ1) is 9.40. The second-order valence-electron chi connectivity index (χ2n) is 4.00. The largest absolute Gasteiger partial charge is 0.387 e. The van der Waals surface area contributed by atoms with E-state index in [1.165, 1.54) is 6.92 Å². The maximum absolute atomic E-state index is 10.7. The molecule has 0 bridgehead atoms. The van der Waals surface area contributed by atoms with E-state index in [2.05, 4.69) is 41.8 Å². The summed E-state index contributed by atoms with van der Waals surface area (Å²) in [4.78, 5) is 18.5. The Morgan fingerprint density at radius 1 is 1.10 bits per heavy atom. The van der Waals surface area contributed by atoms with E-state index in [-0.39, 0.29) is 5.78 Å². The Hall–Kier alpha value is -1.11. The van der Waals surface area contributed by atoms with Crippen molar-refractivity contribution in [3.8, 4) is 0 Å². The molecule has 1 atom stereocenters. The standard InChI is InChI=1S/C7H8BrNO.C7H6BrNO/c2*1-5(10)7-3-2-6(8)4-9-7/h2-5,10H,1H3;2-4H,1H3/t5-;/m0./s1. The number of carbonyl (C=O) groups excluding carboxylic acids is 1. The Morgan fingerprint density at radius 2 is 1.65 bits per heavy atom. The minimum Gasteiger partial charge on any atom is -0.387 e. The number of aliphatic hydroxyl groups is 1. The van der Waals surface area contributed by atoms with E-state index >= 15 is 0 Å². The summed E-state index contributed by atoms with van der Waals surface area (Å²) in [6.45, 7) is 3.19. The summed E-state index contributed by atoms with van der Waals surface area (Å²) >= 11 is 6.47. The summed E-state index contributed by atoms with van der Waals surface area (Å²) in [5.74, 6) is -0.00694. The summed E-state index contributed by atoms with van der Waals surface area (Å²) in [5, 5.41) is 9.04. The van der Waals surface area contributed by atoms with Gasteiger partial charge in [-0.05, 0) is 63.0 Å². The smallest absolute Gasteiger partial charge is 0.178 e. The number of aliphatic hydroxyl groups excluding tert-OH is 1. The molecule has 2 aromatic heterocycles. The van der Waals surface area contributed by atoms with Gasteiger partial charge in [0.05, 0.1) is 11.8 Å². The van der Waals surface area contributed by atoms with E-state index in [4.69, 9.17) is 5.11 Å². The molecule has 20 heavy (non-hydrogen) atoms. The van der Waals surface area contributed by atoms with E-state index < -0.39 is 6.10 Å². The van der Waals surface area contributed by atoms with Crippen LogP contribution in [-0.4, -0.2) is 20.9 Å². The lowest BCUT2D eigenvalue weighted by Gasteiger charge is -2.01. The van der Waals surface area contributed by atoms with Gasteiger partial charge in [-0.25, -0.2) is 0 Å². The van der Waals surface area contributed by atoms with Gasteiger partial charge in [0, 0.05) is 28.3 Å². The molecule has 0 aliphatic carbocycles. The molecule has 0 aromatic carbocycles. The predicted octanol–water partition coefficient (Wildman–Crippen LogP) is 3.94. The molecular weight excluding hydrogens is 388 g/mol. The third kappa shape index (κ3) is 5.90. The van der Waals surface area contributed by atoms with E-state index in [9.17, 15) is 4.79 Å². The highest BCUT2D eigenvalue weighted by atomic mass is 79.9. The van der Waals surface area contributed by atoms with E-state index in [1.807, 2.05) is 6.07 Å². The van der Waals surface area contributed by atoms with Crippen LogP contribution in [0, 0.1) is 0 Å². The summed E-state index contributed by atoms with van der Waals surface area (Å²) < 4.78 is 1.81. The van der Waals surface area contributed by atoms with Crippen molar-refractivity contribution in [2.75, 3.05) is 0 Å². The normalized spacial score (nSPS) is 11.2. The monoisotopic (exact) mass is 400 g/mol. The fourth-order valence-corrected chi connectivity index (χ4v) is 1.69. The van der Waals surface area contributed by atoms with Crippen LogP contribution in [0.3, 0.4) is 0 Å². The Balaban J connectivity index is 0.000000200. The molecule has 2 rings (SSSR count). The van der Waals surface area contributed by atoms with Gasteiger partial charge in [0.2, 0.25) is 0 Å². The third-order valence-electron chi connectivity index (χ3n) is 2.27. The molecule has 4 nitrogen and oxygen atoms in total. The van der Waals surface area contributed by atoms with Crippen LogP contribution in [0.1, 0.15) is 36.1 Å².